The molecule has 3 aromatic rings. The van der Waals surface area contributed by atoms with Crippen molar-refractivity contribution in [2.24, 2.45) is 5.92 Å². The van der Waals surface area contributed by atoms with E-state index in [1.165, 1.54) is 12.1 Å². The van der Waals surface area contributed by atoms with Gasteiger partial charge in [-0.15, -0.1) is 0 Å². The van der Waals surface area contributed by atoms with Gasteiger partial charge in [-0.05, 0) is 42.2 Å². The predicted octanol–water partition coefficient (Wildman–Crippen LogP) is 3.97. The molecule has 1 unspecified atom stereocenters. The average Bonchev–Trinajstić information content (AvgIpc) is 2.74. The van der Waals surface area contributed by atoms with Crippen molar-refractivity contribution in [2.75, 3.05) is 19.4 Å². The molecule has 8 heteroatoms. The fourth-order valence-electron chi connectivity index (χ4n) is 4.36. The molecule has 2 aromatic heterocycles. The first-order chi connectivity index (χ1) is 15.3. The number of methoxy groups -OCH3 is 1. The summed E-state index contributed by atoms with van der Waals surface area (Å²) in [6, 6.07) is 5.97. The zero-order valence-corrected chi connectivity index (χ0v) is 18.6. The monoisotopic (exact) mass is 435 g/mol. The van der Waals surface area contributed by atoms with E-state index in [0.29, 0.717) is 46.8 Å². The van der Waals surface area contributed by atoms with Crippen LogP contribution in [0.3, 0.4) is 0 Å². The number of nitrogens with two attached hydrogens (primary N) is 1. The minimum Gasteiger partial charge on any atom is -0.496 e. The number of fused-ring (bicyclic) bond motifs is 1. The standard InChI is InChI=1S/C24H26FN5O2/c1-13(2)12-30-20(10-19-22(23(30)31)14(3)28-24(26)29-19)16-6-5-15(25)9-17(16)18-11-27-8-7-21(18)32-4/h5-9,11,13,20H,10,12H2,1-4H3,(H2,26,28,29). The van der Waals surface area contributed by atoms with Crippen molar-refractivity contribution in [2.45, 2.75) is 33.2 Å². The first kappa shape index (κ1) is 21.7. The quantitative estimate of drug-likeness (QED) is 0.652. The van der Waals surface area contributed by atoms with E-state index in [1.54, 1.807) is 38.6 Å². The van der Waals surface area contributed by atoms with Crippen LogP contribution in [0, 0.1) is 18.7 Å². The first-order valence-electron chi connectivity index (χ1n) is 10.5. The fraction of sp³-hybridized carbons (Fsp3) is 0.333. The molecule has 1 amide bonds. The molecule has 0 fully saturated rings. The Balaban J connectivity index is 1.92. The lowest BCUT2D eigenvalue weighted by Crippen LogP contribution is -2.43. The number of nitrogens with zero attached hydrogens (tertiary/aromatic N) is 4. The summed E-state index contributed by atoms with van der Waals surface area (Å²) in [5.74, 6) is 0.423. The molecule has 0 spiro atoms. The van der Waals surface area contributed by atoms with Crippen LogP contribution >= 0.6 is 0 Å². The summed E-state index contributed by atoms with van der Waals surface area (Å²) < 4.78 is 19.9. The summed E-state index contributed by atoms with van der Waals surface area (Å²) in [6.45, 7) is 6.42. The van der Waals surface area contributed by atoms with Gasteiger partial charge in [-0.1, -0.05) is 19.9 Å². The Bertz CT molecular complexity index is 1180. The van der Waals surface area contributed by atoms with E-state index in [9.17, 15) is 9.18 Å². The summed E-state index contributed by atoms with van der Waals surface area (Å²) in [4.78, 5) is 28.2. The minimum absolute atomic E-state index is 0.137. The van der Waals surface area contributed by atoms with Gasteiger partial charge in [-0.2, -0.15) is 0 Å². The molecule has 7 nitrogen and oxygen atoms in total. The van der Waals surface area contributed by atoms with Crippen LogP contribution in [-0.2, 0) is 6.42 Å². The topological polar surface area (TPSA) is 94.2 Å². The molecule has 1 aliphatic rings. The van der Waals surface area contributed by atoms with Crippen molar-refractivity contribution in [3.05, 3.63) is 65.0 Å². The summed E-state index contributed by atoms with van der Waals surface area (Å²) in [7, 11) is 1.56. The highest BCUT2D eigenvalue weighted by molar-refractivity contribution is 5.98. The maximum Gasteiger partial charge on any atom is 0.258 e. The second kappa shape index (κ2) is 8.53. The summed E-state index contributed by atoms with van der Waals surface area (Å²) in [6.07, 6.45) is 3.71. The zero-order chi connectivity index (χ0) is 23.0. The number of nitrogen functional groups attached to an aromatic ring is 1. The first-order valence-corrected chi connectivity index (χ1v) is 10.5. The number of pyridine rings is 1. The third-order valence-corrected chi connectivity index (χ3v) is 5.65. The number of amides is 1. The Hall–Kier alpha value is -3.55. The van der Waals surface area contributed by atoms with Crippen molar-refractivity contribution >= 4 is 11.9 Å². The summed E-state index contributed by atoms with van der Waals surface area (Å²) >= 11 is 0. The number of hydrogen-bond acceptors (Lipinski definition) is 6. The molecule has 3 heterocycles. The Labute approximate surface area is 186 Å². The second-order valence-corrected chi connectivity index (χ2v) is 8.37. The van der Waals surface area contributed by atoms with Gasteiger partial charge in [0.1, 0.15) is 11.6 Å². The van der Waals surface area contributed by atoms with Crippen LogP contribution in [0.5, 0.6) is 5.75 Å². The highest BCUT2D eigenvalue weighted by Crippen LogP contribution is 2.41. The van der Waals surface area contributed by atoms with E-state index in [0.717, 1.165) is 5.56 Å². The lowest BCUT2D eigenvalue weighted by Gasteiger charge is -2.38. The number of hydrogen-bond donors (Lipinski definition) is 1. The van der Waals surface area contributed by atoms with Crippen LogP contribution in [0.25, 0.3) is 11.1 Å². The van der Waals surface area contributed by atoms with Crippen LogP contribution in [0.2, 0.25) is 0 Å². The number of carbonyl (C=O) groups is 1. The highest BCUT2D eigenvalue weighted by Gasteiger charge is 2.37. The number of carbonyl (C=O) groups excluding carboxylic acids is 1. The van der Waals surface area contributed by atoms with Gasteiger partial charge >= 0.3 is 0 Å². The fourth-order valence-corrected chi connectivity index (χ4v) is 4.36. The van der Waals surface area contributed by atoms with E-state index < -0.39 is 0 Å². The molecule has 0 aliphatic carbocycles. The number of aryl methyl sites for hydroxylation is 1. The zero-order valence-electron chi connectivity index (χ0n) is 18.6. The normalized spacial score (nSPS) is 15.8. The van der Waals surface area contributed by atoms with Gasteiger partial charge in [0.2, 0.25) is 5.95 Å². The third-order valence-electron chi connectivity index (χ3n) is 5.65. The average molecular weight is 436 g/mol. The van der Waals surface area contributed by atoms with E-state index >= 15 is 0 Å². The lowest BCUT2D eigenvalue weighted by molar-refractivity contribution is 0.0615. The van der Waals surface area contributed by atoms with Gasteiger partial charge in [0, 0.05) is 30.9 Å². The van der Waals surface area contributed by atoms with E-state index in [4.69, 9.17) is 10.5 Å². The largest absolute Gasteiger partial charge is 0.496 e. The number of ether oxygens (including phenoxy) is 1. The van der Waals surface area contributed by atoms with Gasteiger partial charge < -0.3 is 15.4 Å². The maximum absolute atomic E-state index is 14.4. The Morgan fingerprint density at radius 1 is 1.25 bits per heavy atom. The maximum atomic E-state index is 14.4. The van der Waals surface area contributed by atoms with E-state index in [1.807, 2.05) is 4.90 Å². The highest BCUT2D eigenvalue weighted by atomic mass is 19.1. The molecule has 4 rings (SSSR count). The molecule has 0 saturated carbocycles. The minimum atomic E-state index is -0.380. The van der Waals surface area contributed by atoms with E-state index in [2.05, 4.69) is 28.8 Å². The third kappa shape index (κ3) is 3.88. The number of benzene rings is 1. The van der Waals surface area contributed by atoms with Crippen LogP contribution < -0.4 is 10.5 Å². The van der Waals surface area contributed by atoms with E-state index in [-0.39, 0.29) is 29.6 Å². The number of anilines is 1. The molecule has 32 heavy (non-hydrogen) atoms. The van der Waals surface area contributed by atoms with Crippen LogP contribution in [-0.4, -0.2) is 39.4 Å². The van der Waals surface area contributed by atoms with Crippen LogP contribution in [0.1, 0.15) is 47.2 Å². The molecule has 2 N–H and O–H groups in total. The van der Waals surface area contributed by atoms with Crippen molar-refractivity contribution in [3.63, 3.8) is 0 Å². The molecule has 0 radical (unpaired) electrons. The number of aromatic nitrogens is 3. The second-order valence-electron chi connectivity index (χ2n) is 8.37. The Morgan fingerprint density at radius 2 is 2.03 bits per heavy atom. The Kier molecular flexibility index (Phi) is 5.78. The molecule has 166 valence electrons. The van der Waals surface area contributed by atoms with Gasteiger partial charge in [-0.3, -0.25) is 9.78 Å². The summed E-state index contributed by atoms with van der Waals surface area (Å²) in [5.41, 5.74) is 9.65. The molecule has 0 bridgehead atoms. The smallest absolute Gasteiger partial charge is 0.258 e. The van der Waals surface area contributed by atoms with Gasteiger partial charge in [-0.25, -0.2) is 14.4 Å². The lowest BCUT2D eigenvalue weighted by atomic mass is 9.87. The molecule has 1 aromatic carbocycles. The predicted molar refractivity (Wildman–Crippen MR) is 120 cm³/mol. The Morgan fingerprint density at radius 3 is 2.75 bits per heavy atom. The van der Waals surface area contributed by atoms with Gasteiger partial charge in [0.25, 0.3) is 5.91 Å². The molecule has 1 atom stereocenters. The van der Waals surface area contributed by atoms with Crippen molar-refractivity contribution in [1.82, 2.24) is 19.9 Å². The molecule has 1 aliphatic heterocycles. The SMILES string of the molecule is COc1ccncc1-c1cc(F)ccc1C1Cc2nc(N)nc(C)c2C(=O)N1CC(C)C. The van der Waals surface area contributed by atoms with Gasteiger partial charge in [0.05, 0.1) is 30.1 Å². The van der Waals surface area contributed by atoms with Crippen LogP contribution in [0.4, 0.5) is 10.3 Å². The van der Waals surface area contributed by atoms with Crippen molar-refractivity contribution in [1.29, 1.82) is 0 Å². The molecular formula is C24H26FN5O2. The molecule has 0 saturated heterocycles. The van der Waals surface area contributed by atoms with Crippen molar-refractivity contribution < 1.29 is 13.9 Å². The van der Waals surface area contributed by atoms with Crippen LogP contribution in [0.15, 0.2) is 36.7 Å². The summed E-state index contributed by atoms with van der Waals surface area (Å²) in [5, 5.41) is 0. The van der Waals surface area contributed by atoms with Crippen molar-refractivity contribution in [3.8, 4) is 16.9 Å². The molecular weight excluding hydrogens is 409 g/mol. The van der Waals surface area contributed by atoms with Gasteiger partial charge in [0.15, 0.2) is 0 Å². The number of rotatable bonds is 5. The number of halogens is 1.